The third-order valence-electron chi connectivity index (χ3n) is 2.88. The van der Waals surface area contributed by atoms with Crippen molar-refractivity contribution >= 4 is 5.96 Å². The molecule has 0 saturated heterocycles. The number of nitrogens with one attached hydrogen (secondary N) is 1. The first-order valence-electron chi connectivity index (χ1n) is 5.56. The van der Waals surface area contributed by atoms with Crippen LogP contribution in [-0.2, 0) is 0 Å². The van der Waals surface area contributed by atoms with Crippen LogP contribution in [0.15, 0.2) is 4.99 Å². The van der Waals surface area contributed by atoms with Crippen molar-refractivity contribution in [2.24, 2.45) is 22.1 Å². The van der Waals surface area contributed by atoms with Crippen LogP contribution < -0.4 is 11.1 Å². The van der Waals surface area contributed by atoms with Gasteiger partial charge in [0.2, 0.25) is 0 Å². The smallest absolute Gasteiger partial charge is 0.188 e. The number of hydrogen-bond donors (Lipinski definition) is 2. The Kier molecular flexibility index (Phi) is 3.78. The van der Waals surface area contributed by atoms with E-state index in [0.717, 1.165) is 13.1 Å². The van der Waals surface area contributed by atoms with Crippen LogP contribution in [0.25, 0.3) is 0 Å². The molecular formula is C11H23N3. The predicted molar refractivity (Wildman–Crippen MR) is 61.3 cm³/mol. The molecule has 0 amide bonds. The van der Waals surface area contributed by atoms with E-state index in [2.05, 4.69) is 31.1 Å². The number of hydrogen-bond acceptors (Lipinski definition) is 1. The predicted octanol–water partition coefficient (Wildman–Crippen LogP) is 1.74. The van der Waals surface area contributed by atoms with E-state index in [0.29, 0.717) is 17.3 Å². The number of aliphatic imine (C=N–C) groups is 1. The Labute approximate surface area is 87.2 Å². The SMILES string of the molecule is CC(C)CNC(N)=NCC1(C)CCC1. The van der Waals surface area contributed by atoms with Crippen LogP contribution in [-0.4, -0.2) is 19.0 Å². The minimum atomic E-state index is 0.435. The minimum absolute atomic E-state index is 0.435. The lowest BCUT2D eigenvalue weighted by Crippen LogP contribution is -2.36. The first-order valence-corrected chi connectivity index (χ1v) is 5.56. The molecule has 3 nitrogen and oxygen atoms in total. The van der Waals surface area contributed by atoms with Crippen molar-refractivity contribution in [3.63, 3.8) is 0 Å². The summed E-state index contributed by atoms with van der Waals surface area (Å²) in [7, 11) is 0. The van der Waals surface area contributed by atoms with E-state index in [1.807, 2.05) is 0 Å². The van der Waals surface area contributed by atoms with E-state index in [-0.39, 0.29) is 0 Å². The molecule has 3 N–H and O–H groups in total. The second-order valence-electron chi connectivity index (χ2n) is 5.14. The van der Waals surface area contributed by atoms with Crippen molar-refractivity contribution in [3.8, 4) is 0 Å². The number of nitrogens with two attached hydrogens (primary N) is 1. The average Bonchev–Trinajstić information content (AvgIpc) is 2.08. The second-order valence-corrected chi connectivity index (χ2v) is 5.14. The molecule has 1 fully saturated rings. The Balaban J connectivity index is 2.22. The standard InChI is InChI=1S/C11H23N3/c1-9(2)7-13-10(12)14-8-11(3)5-4-6-11/h9H,4-8H2,1-3H3,(H3,12,13,14). The van der Waals surface area contributed by atoms with Crippen molar-refractivity contribution in [3.05, 3.63) is 0 Å². The van der Waals surface area contributed by atoms with Crippen LogP contribution in [0.2, 0.25) is 0 Å². The third kappa shape index (κ3) is 3.56. The summed E-state index contributed by atoms with van der Waals surface area (Å²) in [6.45, 7) is 8.40. The second kappa shape index (κ2) is 4.67. The highest BCUT2D eigenvalue weighted by Gasteiger charge is 2.31. The largest absolute Gasteiger partial charge is 0.370 e. The van der Waals surface area contributed by atoms with Crippen molar-refractivity contribution in [2.45, 2.75) is 40.0 Å². The molecule has 0 unspecified atom stereocenters. The maximum atomic E-state index is 5.75. The van der Waals surface area contributed by atoms with Gasteiger partial charge in [-0.3, -0.25) is 4.99 Å². The van der Waals surface area contributed by atoms with Gasteiger partial charge in [-0.05, 0) is 24.2 Å². The van der Waals surface area contributed by atoms with E-state index in [1.54, 1.807) is 0 Å². The molecule has 0 atom stereocenters. The van der Waals surface area contributed by atoms with E-state index in [1.165, 1.54) is 19.3 Å². The van der Waals surface area contributed by atoms with Gasteiger partial charge in [0.25, 0.3) is 0 Å². The van der Waals surface area contributed by atoms with Gasteiger partial charge in [0.05, 0.1) is 0 Å². The van der Waals surface area contributed by atoms with Crippen molar-refractivity contribution in [1.29, 1.82) is 0 Å². The lowest BCUT2D eigenvalue weighted by molar-refractivity contribution is 0.173. The summed E-state index contributed by atoms with van der Waals surface area (Å²) in [6.07, 6.45) is 3.95. The van der Waals surface area contributed by atoms with Gasteiger partial charge in [-0.1, -0.05) is 27.2 Å². The van der Waals surface area contributed by atoms with Gasteiger partial charge in [0.15, 0.2) is 5.96 Å². The van der Waals surface area contributed by atoms with Crippen LogP contribution in [0.1, 0.15) is 40.0 Å². The van der Waals surface area contributed by atoms with Crippen LogP contribution in [0.5, 0.6) is 0 Å². The Morgan fingerprint density at radius 3 is 2.57 bits per heavy atom. The van der Waals surface area contributed by atoms with Gasteiger partial charge in [-0.2, -0.15) is 0 Å². The summed E-state index contributed by atoms with van der Waals surface area (Å²) in [4.78, 5) is 4.37. The molecule has 0 aromatic rings. The summed E-state index contributed by atoms with van der Waals surface area (Å²) >= 11 is 0. The van der Waals surface area contributed by atoms with Crippen LogP contribution in [0.4, 0.5) is 0 Å². The maximum Gasteiger partial charge on any atom is 0.188 e. The van der Waals surface area contributed by atoms with Crippen molar-refractivity contribution < 1.29 is 0 Å². The molecule has 1 aliphatic carbocycles. The van der Waals surface area contributed by atoms with Gasteiger partial charge >= 0.3 is 0 Å². The fraction of sp³-hybridized carbons (Fsp3) is 0.909. The number of guanidine groups is 1. The molecule has 0 aromatic carbocycles. The van der Waals surface area contributed by atoms with Crippen LogP contribution in [0, 0.1) is 11.3 Å². The Hall–Kier alpha value is -0.730. The summed E-state index contributed by atoms with van der Waals surface area (Å²) in [5.74, 6) is 1.22. The first kappa shape index (κ1) is 11.3. The summed E-state index contributed by atoms with van der Waals surface area (Å²) in [5.41, 5.74) is 6.18. The monoisotopic (exact) mass is 197 g/mol. The fourth-order valence-corrected chi connectivity index (χ4v) is 1.58. The maximum absolute atomic E-state index is 5.75. The molecule has 3 heteroatoms. The Morgan fingerprint density at radius 2 is 2.14 bits per heavy atom. The molecule has 0 spiro atoms. The zero-order valence-corrected chi connectivity index (χ0v) is 9.64. The van der Waals surface area contributed by atoms with Gasteiger partial charge < -0.3 is 11.1 Å². The lowest BCUT2D eigenvalue weighted by atomic mass is 9.71. The van der Waals surface area contributed by atoms with Crippen LogP contribution in [0.3, 0.4) is 0 Å². The molecule has 0 aliphatic heterocycles. The number of nitrogens with zero attached hydrogens (tertiary/aromatic N) is 1. The topological polar surface area (TPSA) is 50.4 Å². The Morgan fingerprint density at radius 1 is 1.50 bits per heavy atom. The number of rotatable bonds is 4. The summed E-state index contributed by atoms with van der Waals surface area (Å²) in [5, 5.41) is 3.13. The van der Waals surface area contributed by atoms with Gasteiger partial charge in [-0.15, -0.1) is 0 Å². The highest BCUT2D eigenvalue weighted by molar-refractivity contribution is 5.77. The molecular weight excluding hydrogens is 174 g/mol. The van der Waals surface area contributed by atoms with Gasteiger partial charge in [0.1, 0.15) is 0 Å². The summed E-state index contributed by atoms with van der Waals surface area (Å²) in [6, 6.07) is 0. The third-order valence-corrected chi connectivity index (χ3v) is 2.88. The highest BCUT2D eigenvalue weighted by Crippen LogP contribution is 2.40. The van der Waals surface area contributed by atoms with E-state index >= 15 is 0 Å². The zero-order valence-electron chi connectivity index (χ0n) is 9.64. The lowest BCUT2D eigenvalue weighted by Gasteiger charge is -2.36. The minimum Gasteiger partial charge on any atom is -0.370 e. The molecule has 0 bridgehead atoms. The fourth-order valence-electron chi connectivity index (χ4n) is 1.58. The van der Waals surface area contributed by atoms with Gasteiger partial charge in [0, 0.05) is 13.1 Å². The molecule has 82 valence electrons. The quantitative estimate of drug-likeness (QED) is 0.533. The molecule has 14 heavy (non-hydrogen) atoms. The van der Waals surface area contributed by atoms with E-state index in [4.69, 9.17) is 5.73 Å². The molecule has 0 aromatic heterocycles. The molecule has 1 rings (SSSR count). The normalized spacial score (nSPS) is 20.7. The van der Waals surface area contributed by atoms with Crippen molar-refractivity contribution in [2.75, 3.05) is 13.1 Å². The molecule has 1 aliphatic rings. The molecule has 0 radical (unpaired) electrons. The van der Waals surface area contributed by atoms with E-state index in [9.17, 15) is 0 Å². The highest BCUT2D eigenvalue weighted by atomic mass is 15.1. The van der Waals surface area contributed by atoms with E-state index < -0.39 is 0 Å². The molecule has 1 saturated carbocycles. The first-order chi connectivity index (χ1) is 6.52. The van der Waals surface area contributed by atoms with Gasteiger partial charge in [-0.25, -0.2) is 0 Å². The average molecular weight is 197 g/mol. The molecule has 0 heterocycles. The van der Waals surface area contributed by atoms with Crippen molar-refractivity contribution in [1.82, 2.24) is 5.32 Å². The Bertz CT molecular complexity index is 205. The van der Waals surface area contributed by atoms with Crippen LogP contribution >= 0.6 is 0 Å². The summed E-state index contributed by atoms with van der Waals surface area (Å²) < 4.78 is 0. The zero-order chi connectivity index (χ0) is 10.6.